The fourth-order valence-electron chi connectivity index (χ4n) is 5.00. The minimum absolute atomic E-state index is 0.00275. The molecule has 5 nitrogen and oxygen atoms in total. The average Bonchev–Trinajstić information content (AvgIpc) is 3.18. The number of carbonyl (C=O) groups is 2. The molecular formula is C28H29N3O2. The van der Waals surface area contributed by atoms with Crippen LogP contribution in [0, 0.1) is 13.8 Å². The van der Waals surface area contributed by atoms with Gasteiger partial charge in [-0.15, -0.1) is 0 Å². The van der Waals surface area contributed by atoms with Gasteiger partial charge in [0.15, 0.2) is 0 Å². The van der Waals surface area contributed by atoms with Gasteiger partial charge in [0.2, 0.25) is 5.91 Å². The van der Waals surface area contributed by atoms with E-state index in [1.165, 1.54) is 16.8 Å². The largest absolute Gasteiger partial charge is 0.368 e. The maximum atomic E-state index is 13.9. The normalized spacial score (nSPS) is 16.7. The first-order chi connectivity index (χ1) is 16.0. The molecule has 2 aliphatic rings. The number of nitrogens with zero attached hydrogens (tertiary/aromatic N) is 3. The molecule has 0 aliphatic carbocycles. The van der Waals surface area contributed by atoms with E-state index in [2.05, 4.69) is 36.9 Å². The Bertz CT molecular complexity index is 1180. The van der Waals surface area contributed by atoms with Crippen LogP contribution >= 0.6 is 0 Å². The Labute approximate surface area is 195 Å². The fourth-order valence-corrected chi connectivity index (χ4v) is 5.00. The van der Waals surface area contributed by atoms with Crippen LogP contribution in [0.2, 0.25) is 0 Å². The van der Waals surface area contributed by atoms with Gasteiger partial charge >= 0.3 is 0 Å². The number of hydrogen-bond acceptors (Lipinski definition) is 3. The molecule has 0 saturated carbocycles. The highest BCUT2D eigenvalue weighted by Crippen LogP contribution is 2.33. The lowest BCUT2D eigenvalue weighted by molar-refractivity contribution is -0.136. The molecule has 0 aromatic heterocycles. The molecule has 0 radical (unpaired) electrons. The Morgan fingerprint density at radius 2 is 1.52 bits per heavy atom. The van der Waals surface area contributed by atoms with Gasteiger partial charge in [0.25, 0.3) is 5.91 Å². The molecule has 1 fully saturated rings. The van der Waals surface area contributed by atoms with E-state index in [-0.39, 0.29) is 11.8 Å². The Kier molecular flexibility index (Phi) is 5.63. The lowest BCUT2D eigenvalue weighted by Gasteiger charge is -2.39. The molecule has 5 rings (SSSR count). The summed E-state index contributed by atoms with van der Waals surface area (Å²) in [7, 11) is 0. The van der Waals surface area contributed by atoms with E-state index in [0.717, 1.165) is 24.2 Å². The molecule has 1 saturated heterocycles. The Morgan fingerprint density at radius 3 is 2.24 bits per heavy atom. The number of hydrogen-bond donors (Lipinski definition) is 0. The van der Waals surface area contributed by atoms with Crippen molar-refractivity contribution in [1.82, 2.24) is 9.80 Å². The van der Waals surface area contributed by atoms with Gasteiger partial charge in [-0.1, -0.05) is 60.7 Å². The van der Waals surface area contributed by atoms with Crippen LogP contribution < -0.4 is 4.90 Å². The molecule has 1 atom stereocenters. The molecule has 2 aliphatic heterocycles. The highest BCUT2D eigenvalue weighted by molar-refractivity contribution is 6.01. The van der Waals surface area contributed by atoms with Crippen molar-refractivity contribution in [3.63, 3.8) is 0 Å². The summed E-state index contributed by atoms with van der Waals surface area (Å²) in [6.45, 7) is 7.60. The second-order valence-corrected chi connectivity index (χ2v) is 8.93. The summed E-state index contributed by atoms with van der Waals surface area (Å²) in [6, 6.07) is 23.1. The molecule has 2 amide bonds. The molecule has 0 N–H and O–H groups in total. The predicted molar refractivity (Wildman–Crippen MR) is 130 cm³/mol. The third kappa shape index (κ3) is 3.88. The first-order valence-corrected chi connectivity index (χ1v) is 11.6. The first kappa shape index (κ1) is 21.3. The van der Waals surface area contributed by atoms with Crippen LogP contribution in [0.5, 0.6) is 0 Å². The second kappa shape index (κ2) is 8.74. The van der Waals surface area contributed by atoms with Crippen molar-refractivity contribution < 1.29 is 9.59 Å². The van der Waals surface area contributed by atoms with Crippen molar-refractivity contribution in [3.05, 3.63) is 101 Å². The maximum Gasteiger partial charge on any atom is 0.255 e. The van der Waals surface area contributed by atoms with Crippen LogP contribution in [0.1, 0.15) is 38.7 Å². The second-order valence-electron chi connectivity index (χ2n) is 8.93. The zero-order valence-electron chi connectivity index (χ0n) is 19.2. The summed E-state index contributed by atoms with van der Waals surface area (Å²) < 4.78 is 0. The van der Waals surface area contributed by atoms with E-state index in [9.17, 15) is 9.59 Å². The van der Waals surface area contributed by atoms with Gasteiger partial charge in [-0.3, -0.25) is 9.59 Å². The molecule has 2 heterocycles. The van der Waals surface area contributed by atoms with Crippen LogP contribution in [0.4, 0.5) is 5.69 Å². The van der Waals surface area contributed by atoms with Gasteiger partial charge in [0.1, 0.15) is 6.04 Å². The van der Waals surface area contributed by atoms with Crippen LogP contribution in [0.25, 0.3) is 0 Å². The topological polar surface area (TPSA) is 43.9 Å². The fraction of sp³-hybridized carbons (Fsp3) is 0.286. The van der Waals surface area contributed by atoms with E-state index in [1.54, 1.807) is 4.90 Å². The minimum Gasteiger partial charge on any atom is -0.368 e. The van der Waals surface area contributed by atoms with Gasteiger partial charge in [0.05, 0.1) is 0 Å². The number of fused-ring (bicyclic) bond motifs is 1. The molecule has 0 spiro atoms. The van der Waals surface area contributed by atoms with Crippen molar-refractivity contribution in [3.8, 4) is 0 Å². The molecule has 33 heavy (non-hydrogen) atoms. The number of aryl methyl sites for hydroxylation is 1. The lowest BCUT2D eigenvalue weighted by atomic mass is 10.0. The Balaban J connectivity index is 1.38. The van der Waals surface area contributed by atoms with Crippen molar-refractivity contribution in [2.75, 3.05) is 31.1 Å². The number of benzene rings is 3. The highest BCUT2D eigenvalue weighted by atomic mass is 16.2. The molecule has 168 valence electrons. The van der Waals surface area contributed by atoms with Crippen LogP contribution in [0.15, 0.2) is 72.8 Å². The number of anilines is 1. The molecular weight excluding hydrogens is 410 g/mol. The van der Waals surface area contributed by atoms with Crippen molar-refractivity contribution in [1.29, 1.82) is 0 Å². The number of rotatable bonds is 4. The monoisotopic (exact) mass is 439 g/mol. The van der Waals surface area contributed by atoms with Gasteiger partial charge in [-0.05, 0) is 48.2 Å². The standard InChI is InChI=1S/C28H29N3O2/c1-20-9-8-14-25(21(20)2)29-15-17-30(18-16-29)28(33)26(22-10-4-3-5-11-22)31-19-23-12-6-7-13-24(23)27(31)32/h3-14,26H,15-19H2,1-2H3/t26-/m0/s1. The highest BCUT2D eigenvalue weighted by Gasteiger charge is 2.39. The SMILES string of the molecule is Cc1cccc(N2CCN(C(=O)[C@H](c3ccccc3)N3Cc4ccccc4C3=O)CC2)c1C. The Morgan fingerprint density at radius 1 is 0.818 bits per heavy atom. The lowest BCUT2D eigenvalue weighted by Crippen LogP contribution is -2.52. The van der Waals surface area contributed by atoms with Gasteiger partial charge in [0, 0.05) is 44.0 Å². The van der Waals surface area contributed by atoms with Gasteiger partial charge in [-0.2, -0.15) is 0 Å². The predicted octanol–water partition coefficient (Wildman–Crippen LogP) is 4.35. The average molecular weight is 440 g/mol. The number of carbonyl (C=O) groups excluding carboxylic acids is 2. The van der Waals surface area contributed by atoms with E-state index in [0.29, 0.717) is 25.2 Å². The molecule has 0 unspecified atom stereocenters. The van der Waals surface area contributed by atoms with Crippen molar-refractivity contribution in [2.24, 2.45) is 0 Å². The van der Waals surface area contributed by atoms with Crippen molar-refractivity contribution >= 4 is 17.5 Å². The van der Waals surface area contributed by atoms with Crippen LogP contribution in [-0.4, -0.2) is 47.8 Å². The third-order valence-corrected chi connectivity index (χ3v) is 7.02. The maximum absolute atomic E-state index is 13.9. The van der Waals surface area contributed by atoms with Gasteiger partial charge in [-0.25, -0.2) is 0 Å². The molecule has 0 bridgehead atoms. The third-order valence-electron chi connectivity index (χ3n) is 7.02. The van der Waals surface area contributed by atoms with E-state index in [4.69, 9.17) is 0 Å². The van der Waals surface area contributed by atoms with E-state index in [1.807, 2.05) is 59.5 Å². The summed E-state index contributed by atoms with van der Waals surface area (Å²) >= 11 is 0. The summed E-state index contributed by atoms with van der Waals surface area (Å²) in [5.74, 6) is -0.0650. The quantitative estimate of drug-likeness (QED) is 0.607. The van der Waals surface area contributed by atoms with Crippen LogP contribution in [-0.2, 0) is 11.3 Å². The molecule has 3 aromatic carbocycles. The number of amides is 2. The van der Waals surface area contributed by atoms with Gasteiger partial charge < -0.3 is 14.7 Å². The zero-order chi connectivity index (χ0) is 22.9. The Hall–Kier alpha value is -3.60. The zero-order valence-corrected chi connectivity index (χ0v) is 19.2. The summed E-state index contributed by atoms with van der Waals surface area (Å²) in [5, 5.41) is 0. The van der Waals surface area contributed by atoms with Crippen molar-refractivity contribution in [2.45, 2.75) is 26.4 Å². The first-order valence-electron chi connectivity index (χ1n) is 11.6. The molecule has 3 aromatic rings. The summed E-state index contributed by atoms with van der Waals surface area (Å²) in [4.78, 5) is 33.1. The smallest absolute Gasteiger partial charge is 0.255 e. The van der Waals surface area contributed by atoms with E-state index < -0.39 is 6.04 Å². The van der Waals surface area contributed by atoms with Crippen LogP contribution in [0.3, 0.4) is 0 Å². The van der Waals surface area contributed by atoms with E-state index >= 15 is 0 Å². The number of piperazine rings is 1. The summed E-state index contributed by atoms with van der Waals surface area (Å²) in [6.07, 6.45) is 0. The summed E-state index contributed by atoms with van der Waals surface area (Å²) in [5.41, 5.74) is 6.36. The minimum atomic E-state index is -0.613. The molecule has 5 heteroatoms.